The number of carbonyl (C=O) groups is 2. The van der Waals surface area contributed by atoms with Gasteiger partial charge in [0.15, 0.2) is 0 Å². The Morgan fingerprint density at radius 3 is 2.86 bits per heavy atom. The Morgan fingerprint density at radius 2 is 2.29 bits per heavy atom. The first kappa shape index (κ1) is 11.0. The lowest BCUT2D eigenvalue weighted by atomic mass is 10.1. The quantitative estimate of drug-likeness (QED) is 0.643. The SMILES string of the molecule is CCOC1CCCN(C(=O)C(=O)O)C1. The van der Waals surface area contributed by atoms with Gasteiger partial charge in [0.05, 0.1) is 6.10 Å². The summed E-state index contributed by atoms with van der Waals surface area (Å²) in [5.74, 6) is -2.21. The predicted molar refractivity (Wildman–Crippen MR) is 48.9 cm³/mol. The number of ether oxygens (including phenoxy) is 1. The van der Waals surface area contributed by atoms with Gasteiger partial charge < -0.3 is 14.7 Å². The smallest absolute Gasteiger partial charge is 0.394 e. The number of aliphatic carboxylic acids is 1. The first-order chi connectivity index (χ1) is 6.65. The second-order valence-corrected chi connectivity index (χ2v) is 3.28. The van der Waals surface area contributed by atoms with E-state index in [4.69, 9.17) is 9.84 Å². The molecule has 1 heterocycles. The van der Waals surface area contributed by atoms with Crippen LogP contribution < -0.4 is 0 Å². The van der Waals surface area contributed by atoms with Gasteiger partial charge in [-0.15, -0.1) is 0 Å². The maximum Gasteiger partial charge on any atom is 0.394 e. The third-order valence-electron chi connectivity index (χ3n) is 2.25. The van der Waals surface area contributed by atoms with Gasteiger partial charge in [-0.3, -0.25) is 4.79 Å². The molecule has 0 aliphatic carbocycles. The number of hydrogen-bond donors (Lipinski definition) is 1. The van der Waals surface area contributed by atoms with Crippen LogP contribution in [0.25, 0.3) is 0 Å². The van der Waals surface area contributed by atoms with Crippen LogP contribution in [0.4, 0.5) is 0 Å². The van der Waals surface area contributed by atoms with Gasteiger partial charge in [0, 0.05) is 19.7 Å². The number of carboxylic acid groups (broad SMARTS) is 1. The van der Waals surface area contributed by atoms with Crippen LogP contribution in [0.15, 0.2) is 0 Å². The molecule has 0 spiro atoms. The summed E-state index contributed by atoms with van der Waals surface area (Å²) >= 11 is 0. The van der Waals surface area contributed by atoms with Crippen LogP contribution in [0.1, 0.15) is 19.8 Å². The lowest BCUT2D eigenvalue weighted by Gasteiger charge is -2.31. The van der Waals surface area contributed by atoms with Gasteiger partial charge in [-0.25, -0.2) is 4.79 Å². The molecule has 1 N–H and O–H groups in total. The van der Waals surface area contributed by atoms with E-state index in [0.29, 0.717) is 19.7 Å². The second-order valence-electron chi connectivity index (χ2n) is 3.28. The van der Waals surface area contributed by atoms with Crippen molar-refractivity contribution in [2.24, 2.45) is 0 Å². The van der Waals surface area contributed by atoms with Crippen molar-refractivity contribution in [1.82, 2.24) is 4.90 Å². The number of nitrogens with zero attached hydrogens (tertiary/aromatic N) is 1. The van der Waals surface area contributed by atoms with Crippen molar-refractivity contribution in [2.45, 2.75) is 25.9 Å². The molecule has 0 aromatic heterocycles. The van der Waals surface area contributed by atoms with Crippen LogP contribution >= 0.6 is 0 Å². The molecule has 1 aliphatic heterocycles. The average molecular weight is 201 g/mol. The number of amides is 1. The zero-order valence-electron chi connectivity index (χ0n) is 8.23. The summed E-state index contributed by atoms with van der Waals surface area (Å²) in [7, 11) is 0. The minimum Gasteiger partial charge on any atom is -0.474 e. The minimum atomic E-state index is -1.39. The molecule has 0 aromatic rings. The third kappa shape index (κ3) is 2.70. The zero-order chi connectivity index (χ0) is 10.6. The van der Waals surface area contributed by atoms with Crippen LogP contribution in [0.2, 0.25) is 0 Å². The van der Waals surface area contributed by atoms with E-state index in [0.717, 1.165) is 12.8 Å². The molecular formula is C9H15NO4. The van der Waals surface area contributed by atoms with Crippen molar-refractivity contribution in [3.8, 4) is 0 Å². The normalized spacial score (nSPS) is 22.1. The first-order valence-electron chi connectivity index (χ1n) is 4.79. The summed E-state index contributed by atoms with van der Waals surface area (Å²) in [5.41, 5.74) is 0. The molecule has 0 saturated carbocycles. The summed E-state index contributed by atoms with van der Waals surface area (Å²) in [6, 6.07) is 0. The molecule has 0 radical (unpaired) electrons. The van der Waals surface area contributed by atoms with Gasteiger partial charge in [-0.1, -0.05) is 0 Å². The van der Waals surface area contributed by atoms with Crippen LogP contribution in [0.3, 0.4) is 0 Å². The lowest BCUT2D eigenvalue weighted by Crippen LogP contribution is -2.45. The van der Waals surface area contributed by atoms with Crippen LogP contribution in [-0.4, -0.2) is 47.7 Å². The fraction of sp³-hybridized carbons (Fsp3) is 0.778. The molecule has 1 saturated heterocycles. The monoisotopic (exact) mass is 201 g/mol. The summed E-state index contributed by atoms with van der Waals surface area (Å²) in [5, 5.41) is 8.52. The minimum absolute atomic E-state index is 0.00273. The molecule has 0 bridgehead atoms. The highest BCUT2D eigenvalue weighted by Crippen LogP contribution is 2.13. The maximum absolute atomic E-state index is 11.1. The predicted octanol–water partition coefficient (Wildman–Crippen LogP) is 0.0985. The summed E-state index contributed by atoms with van der Waals surface area (Å²) < 4.78 is 5.36. The molecule has 80 valence electrons. The molecule has 1 fully saturated rings. The van der Waals surface area contributed by atoms with Crippen molar-refractivity contribution in [2.75, 3.05) is 19.7 Å². The topological polar surface area (TPSA) is 66.8 Å². The Kier molecular flexibility index (Phi) is 3.88. The highest BCUT2D eigenvalue weighted by molar-refractivity contribution is 6.31. The Hall–Kier alpha value is -1.10. The van der Waals surface area contributed by atoms with Crippen molar-refractivity contribution < 1.29 is 19.4 Å². The summed E-state index contributed by atoms with van der Waals surface area (Å²) in [4.78, 5) is 22.9. The number of hydrogen-bond acceptors (Lipinski definition) is 3. The van der Waals surface area contributed by atoms with Crippen molar-refractivity contribution in [1.29, 1.82) is 0 Å². The second kappa shape index (κ2) is 4.95. The van der Waals surface area contributed by atoms with Crippen molar-refractivity contribution in [3.05, 3.63) is 0 Å². The van der Waals surface area contributed by atoms with Crippen molar-refractivity contribution >= 4 is 11.9 Å². The lowest BCUT2D eigenvalue weighted by molar-refractivity contribution is -0.157. The van der Waals surface area contributed by atoms with Crippen molar-refractivity contribution in [3.63, 3.8) is 0 Å². The van der Waals surface area contributed by atoms with Crippen LogP contribution in [0.5, 0.6) is 0 Å². The molecule has 1 unspecified atom stereocenters. The molecule has 1 aliphatic rings. The molecule has 1 atom stereocenters. The first-order valence-corrected chi connectivity index (χ1v) is 4.79. The summed E-state index contributed by atoms with van der Waals surface area (Å²) in [6.07, 6.45) is 1.71. The molecule has 14 heavy (non-hydrogen) atoms. The van der Waals surface area contributed by atoms with E-state index in [1.165, 1.54) is 4.90 Å². The Labute approximate surface area is 82.6 Å². The maximum atomic E-state index is 11.1. The van der Waals surface area contributed by atoms with Gasteiger partial charge in [-0.2, -0.15) is 0 Å². The molecule has 5 heteroatoms. The molecule has 5 nitrogen and oxygen atoms in total. The molecule has 0 aromatic carbocycles. The van der Waals surface area contributed by atoms with E-state index in [1.807, 2.05) is 6.92 Å². The Balaban J connectivity index is 2.47. The van der Waals surface area contributed by atoms with Gasteiger partial charge in [0.25, 0.3) is 0 Å². The fourth-order valence-electron chi connectivity index (χ4n) is 1.63. The van der Waals surface area contributed by atoms with E-state index in [9.17, 15) is 9.59 Å². The van der Waals surface area contributed by atoms with E-state index >= 15 is 0 Å². The van der Waals surface area contributed by atoms with E-state index < -0.39 is 11.9 Å². The third-order valence-corrected chi connectivity index (χ3v) is 2.25. The summed E-state index contributed by atoms with van der Waals surface area (Å²) in [6.45, 7) is 3.41. The van der Waals surface area contributed by atoms with Gasteiger partial charge in [0.1, 0.15) is 0 Å². The van der Waals surface area contributed by atoms with Gasteiger partial charge in [0.2, 0.25) is 0 Å². The number of piperidine rings is 1. The highest BCUT2D eigenvalue weighted by atomic mass is 16.5. The molecular weight excluding hydrogens is 186 g/mol. The van der Waals surface area contributed by atoms with E-state index in [2.05, 4.69) is 0 Å². The van der Waals surface area contributed by atoms with Crippen LogP contribution in [0, 0.1) is 0 Å². The highest BCUT2D eigenvalue weighted by Gasteiger charge is 2.27. The average Bonchev–Trinajstić information content (AvgIpc) is 2.17. The van der Waals surface area contributed by atoms with Crippen LogP contribution in [-0.2, 0) is 14.3 Å². The standard InChI is InChI=1S/C9H15NO4/c1-2-14-7-4-3-5-10(6-7)8(11)9(12)13/h7H,2-6H2,1H3,(H,12,13). The Morgan fingerprint density at radius 1 is 1.57 bits per heavy atom. The zero-order valence-corrected chi connectivity index (χ0v) is 8.23. The molecule has 1 rings (SSSR count). The van der Waals surface area contributed by atoms with Gasteiger partial charge >= 0.3 is 11.9 Å². The number of likely N-dealkylation sites (tertiary alicyclic amines) is 1. The van der Waals surface area contributed by atoms with E-state index in [1.54, 1.807) is 0 Å². The van der Waals surface area contributed by atoms with Gasteiger partial charge in [-0.05, 0) is 19.8 Å². The fourth-order valence-corrected chi connectivity index (χ4v) is 1.63. The number of rotatable bonds is 2. The Bertz CT molecular complexity index is 227. The largest absolute Gasteiger partial charge is 0.474 e. The van der Waals surface area contributed by atoms with E-state index in [-0.39, 0.29) is 6.10 Å². The number of carbonyl (C=O) groups excluding carboxylic acids is 1. The molecule has 1 amide bonds. The number of carboxylic acids is 1.